The molecule has 0 amide bonds. The van der Waals surface area contributed by atoms with Gasteiger partial charge in [-0.3, -0.25) is 0 Å². The van der Waals surface area contributed by atoms with Gasteiger partial charge in [0.25, 0.3) is 0 Å². The van der Waals surface area contributed by atoms with Gasteiger partial charge < -0.3 is 14.4 Å². The quantitative estimate of drug-likeness (QED) is 0.797. The maximum Gasteiger partial charge on any atom is 0.335 e. The van der Waals surface area contributed by atoms with E-state index in [-0.39, 0.29) is 0 Å². The van der Waals surface area contributed by atoms with Crippen molar-refractivity contribution < 1.29 is 14.6 Å². The van der Waals surface area contributed by atoms with E-state index in [0.717, 1.165) is 22.1 Å². The number of aromatic carboxylic acids is 1. The Morgan fingerprint density at radius 1 is 1.14 bits per heavy atom. The first-order valence-corrected chi connectivity index (χ1v) is 6.62. The molecule has 0 radical (unpaired) electrons. The normalized spacial score (nSPS) is 10.7. The predicted molar refractivity (Wildman–Crippen MR) is 81.0 cm³/mol. The van der Waals surface area contributed by atoms with Gasteiger partial charge in [-0.1, -0.05) is 24.3 Å². The van der Waals surface area contributed by atoms with E-state index in [9.17, 15) is 4.79 Å². The van der Waals surface area contributed by atoms with Crippen molar-refractivity contribution in [1.82, 2.24) is 4.57 Å². The summed E-state index contributed by atoms with van der Waals surface area (Å²) in [5.74, 6) is -0.0594. The number of para-hydroxylation sites is 1. The van der Waals surface area contributed by atoms with Crippen LogP contribution in [-0.4, -0.2) is 22.8 Å². The molecule has 1 N–H and O–H groups in total. The molecule has 2 aromatic carbocycles. The molecule has 1 heterocycles. The minimum Gasteiger partial charge on any atom is -0.496 e. The Hall–Kier alpha value is -2.75. The Morgan fingerprint density at radius 2 is 1.90 bits per heavy atom. The van der Waals surface area contributed by atoms with E-state index < -0.39 is 5.97 Å². The first-order chi connectivity index (χ1) is 10.2. The number of hydrogen-bond acceptors (Lipinski definition) is 2. The Morgan fingerprint density at radius 3 is 2.67 bits per heavy atom. The zero-order chi connectivity index (χ0) is 14.8. The van der Waals surface area contributed by atoms with E-state index in [0.29, 0.717) is 12.1 Å². The first kappa shape index (κ1) is 13.2. The van der Waals surface area contributed by atoms with Crippen molar-refractivity contribution in [2.45, 2.75) is 6.54 Å². The lowest BCUT2D eigenvalue weighted by Crippen LogP contribution is -1.98. The number of carboxylic acid groups (broad SMARTS) is 1. The van der Waals surface area contributed by atoms with Crippen LogP contribution in [0.2, 0.25) is 0 Å². The molecule has 4 heteroatoms. The van der Waals surface area contributed by atoms with Crippen molar-refractivity contribution in [2.24, 2.45) is 0 Å². The molecule has 1 aromatic heterocycles. The number of methoxy groups -OCH3 is 1. The number of benzene rings is 2. The molecule has 0 saturated heterocycles. The van der Waals surface area contributed by atoms with E-state index in [1.807, 2.05) is 47.3 Å². The van der Waals surface area contributed by atoms with Gasteiger partial charge in [0.15, 0.2) is 0 Å². The highest BCUT2D eigenvalue weighted by atomic mass is 16.5. The SMILES string of the molecule is COc1ccccc1Cn1cc2ccc(C(=O)O)cc2c1. The molecule has 0 atom stereocenters. The van der Waals surface area contributed by atoms with Crippen molar-refractivity contribution in [3.05, 3.63) is 66.0 Å². The average molecular weight is 281 g/mol. The zero-order valence-electron chi connectivity index (χ0n) is 11.6. The lowest BCUT2D eigenvalue weighted by Gasteiger charge is -2.08. The highest BCUT2D eigenvalue weighted by Crippen LogP contribution is 2.22. The highest BCUT2D eigenvalue weighted by molar-refractivity contribution is 5.94. The second kappa shape index (κ2) is 5.32. The summed E-state index contributed by atoms with van der Waals surface area (Å²) in [6, 6.07) is 13.0. The fraction of sp³-hybridized carbons (Fsp3) is 0.118. The summed E-state index contributed by atoms with van der Waals surface area (Å²) in [4.78, 5) is 11.0. The summed E-state index contributed by atoms with van der Waals surface area (Å²) >= 11 is 0. The molecular weight excluding hydrogens is 266 g/mol. The number of fused-ring (bicyclic) bond motifs is 1. The van der Waals surface area contributed by atoms with Crippen LogP contribution in [0.25, 0.3) is 10.8 Å². The summed E-state index contributed by atoms with van der Waals surface area (Å²) in [6.07, 6.45) is 3.96. The standard InChI is InChI=1S/C17H15NO3/c1-21-16-5-3-2-4-14(16)10-18-9-13-7-6-12(17(19)20)8-15(13)11-18/h2-9,11H,10H2,1H3,(H,19,20). The Labute approximate surface area is 122 Å². The van der Waals surface area contributed by atoms with Gasteiger partial charge in [-0.25, -0.2) is 4.79 Å². The number of hydrogen-bond donors (Lipinski definition) is 1. The average Bonchev–Trinajstić information content (AvgIpc) is 2.89. The Bertz CT molecular complexity index is 805. The fourth-order valence-corrected chi connectivity index (χ4v) is 2.45. The molecule has 3 rings (SSSR count). The molecule has 3 aromatic rings. The van der Waals surface area contributed by atoms with E-state index in [1.165, 1.54) is 0 Å². The number of nitrogens with zero attached hydrogens (tertiary/aromatic N) is 1. The van der Waals surface area contributed by atoms with E-state index in [1.54, 1.807) is 19.2 Å². The van der Waals surface area contributed by atoms with Crippen molar-refractivity contribution in [3.8, 4) is 5.75 Å². The summed E-state index contributed by atoms with van der Waals surface area (Å²) in [5, 5.41) is 11.0. The molecule has 0 unspecified atom stereocenters. The van der Waals surface area contributed by atoms with E-state index >= 15 is 0 Å². The molecule has 106 valence electrons. The monoisotopic (exact) mass is 281 g/mol. The molecule has 0 spiro atoms. The molecule has 0 saturated carbocycles. The third kappa shape index (κ3) is 2.60. The Balaban J connectivity index is 1.96. The minimum atomic E-state index is -0.908. The van der Waals surface area contributed by atoms with Crippen LogP contribution >= 0.6 is 0 Å². The molecule has 21 heavy (non-hydrogen) atoms. The molecule has 0 bridgehead atoms. The number of carboxylic acids is 1. The maximum atomic E-state index is 11.0. The van der Waals surface area contributed by atoms with Crippen LogP contribution in [0.3, 0.4) is 0 Å². The highest BCUT2D eigenvalue weighted by Gasteiger charge is 2.07. The van der Waals surface area contributed by atoms with Gasteiger partial charge in [0.05, 0.1) is 19.2 Å². The van der Waals surface area contributed by atoms with Gasteiger partial charge in [0, 0.05) is 23.3 Å². The molecule has 0 aliphatic carbocycles. The first-order valence-electron chi connectivity index (χ1n) is 6.62. The molecular formula is C17H15NO3. The minimum absolute atomic E-state index is 0.303. The van der Waals surface area contributed by atoms with Gasteiger partial charge in [-0.05, 0) is 23.6 Å². The second-order valence-electron chi connectivity index (χ2n) is 4.89. The van der Waals surface area contributed by atoms with Crippen LogP contribution < -0.4 is 4.74 Å². The van der Waals surface area contributed by atoms with Crippen LogP contribution in [0.15, 0.2) is 54.9 Å². The third-order valence-corrected chi connectivity index (χ3v) is 3.49. The fourth-order valence-electron chi connectivity index (χ4n) is 2.45. The number of rotatable bonds is 4. The molecule has 4 nitrogen and oxygen atoms in total. The van der Waals surface area contributed by atoms with Crippen LogP contribution in [0.4, 0.5) is 0 Å². The zero-order valence-corrected chi connectivity index (χ0v) is 11.6. The van der Waals surface area contributed by atoms with Gasteiger partial charge in [-0.15, -0.1) is 0 Å². The van der Waals surface area contributed by atoms with E-state index in [2.05, 4.69) is 0 Å². The van der Waals surface area contributed by atoms with Gasteiger partial charge in [0.1, 0.15) is 5.75 Å². The largest absolute Gasteiger partial charge is 0.496 e. The second-order valence-corrected chi connectivity index (χ2v) is 4.89. The molecule has 0 aliphatic heterocycles. The predicted octanol–water partition coefficient (Wildman–Crippen LogP) is 3.40. The molecule has 0 fully saturated rings. The van der Waals surface area contributed by atoms with Gasteiger partial charge in [-0.2, -0.15) is 0 Å². The van der Waals surface area contributed by atoms with Crippen molar-refractivity contribution in [1.29, 1.82) is 0 Å². The number of ether oxygens (including phenoxy) is 1. The lowest BCUT2D eigenvalue weighted by atomic mass is 10.1. The van der Waals surface area contributed by atoms with Crippen LogP contribution in [-0.2, 0) is 6.54 Å². The van der Waals surface area contributed by atoms with Crippen molar-refractivity contribution in [2.75, 3.05) is 7.11 Å². The lowest BCUT2D eigenvalue weighted by molar-refractivity contribution is 0.0697. The molecule has 0 aliphatic rings. The maximum absolute atomic E-state index is 11.0. The van der Waals surface area contributed by atoms with Crippen LogP contribution in [0, 0.1) is 0 Å². The van der Waals surface area contributed by atoms with Crippen molar-refractivity contribution in [3.63, 3.8) is 0 Å². The number of carbonyl (C=O) groups is 1. The van der Waals surface area contributed by atoms with Gasteiger partial charge >= 0.3 is 5.97 Å². The Kier molecular flexibility index (Phi) is 3.36. The van der Waals surface area contributed by atoms with Crippen LogP contribution in [0.1, 0.15) is 15.9 Å². The van der Waals surface area contributed by atoms with E-state index in [4.69, 9.17) is 9.84 Å². The summed E-state index contributed by atoms with van der Waals surface area (Å²) in [6.45, 7) is 0.682. The van der Waals surface area contributed by atoms with Crippen molar-refractivity contribution >= 4 is 16.7 Å². The topological polar surface area (TPSA) is 51.5 Å². The third-order valence-electron chi connectivity index (χ3n) is 3.49. The van der Waals surface area contributed by atoms with Crippen LogP contribution in [0.5, 0.6) is 5.75 Å². The summed E-state index contributed by atoms with van der Waals surface area (Å²) in [5.41, 5.74) is 1.39. The number of aromatic nitrogens is 1. The summed E-state index contributed by atoms with van der Waals surface area (Å²) < 4.78 is 7.39. The van der Waals surface area contributed by atoms with Gasteiger partial charge in [0.2, 0.25) is 0 Å². The summed E-state index contributed by atoms with van der Waals surface area (Å²) in [7, 11) is 1.66. The smallest absolute Gasteiger partial charge is 0.335 e.